The number of H-pyrrole nitrogens is 1. The van der Waals surface area contributed by atoms with Crippen LogP contribution in [0.1, 0.15) is 37.6 Å². The fraction of sp³-hybridized carbons (Fsp3) is 0.524. The van der Waals surface area contributed by atoms with Gasteiger partial charge in [-0.15, -0.1) is 0 Å². The minimum absolute atomic E-state index is 0.126. The second-order valence-corrected chi connectivity index (χ2v) is 11.3. The van der Waals surface area contributed by atoms with Crippen LogP contribution >= 0.6 is 15.9 Å². The molecule has 182 valence electrons. The van der Waals surface area contributed by atoms with Gasteiger partial charge in [0.15, 0.2) is 0 Å². The minimum atomic E-state index is -3.67. The Morgan fingerprint density at radius 1 is 1.30 bits per heavy atom. The lowest BCUT2D eigenvalue weighted by Crippen LogP contribution is -2.57. The predicted molar refractivity (Wildman–Crippen MR) is 124 cm³/mol. The predicted octanol–water partition coefficient (Wildman–Crippen LogP) is 3.50. The lowest BCUT2D eigenvalue weighted by atomic mass is 10.0. The number of aromatic amines is 1. The van der Waals surface area contributed by atoms with Crippen molar-refractivity contribution in [2.75, 3.05) is 32.5 Å². The molecule has 1 atom stereocenters. The molecular formula is C21H27BrFN3O6S. The van der Waals surface area contributed by atoms with Crippen molar-refractivity contribution in [2.45, 2.75) is 38.8 Å². The van der Waals surface area contributed by atoms with Crippen LogP contribution in [0.15, 0.2) is 22.8 Å². The molecule has 0 radical (unpaired) electrons. The molecule has 1 saturated heterocycles. The average molecular weight is 548 g/mol. The summed E-state index contributed by atoms with van der Waals surface area (Å²) in [6.45, 7) is 5.62. The number of rotatable bonds is 5. The second-order valence-electron chi connectivity index (χ2n) is 8.88. The van der Waals surface area contributed by atoms with Crippen LogP contribution in [0.5, 0.6) is 0 Å². The van der Waals surface area contributed by atoms with E-state index in [2.05, 4.69) is 20.9 Å². The molecule has 0 saturated carbocycles. The van der Waals surface area contributed by atoms with Gasteiger partial charge in [0.2, 0.25) is 0 Å². The third kappa shape index (κ3) is 6.24. The number of carbonyl (C=O) groups is 2. The first-order chi connectivity index (χ1) is 15.3. The molecule has 12 heteroatoms. The number of hydrogen-bond acceptors (Lipinski definition) is 6. The van der Waals surface area contributed by atoms with Crippen molar-refractivity contribution < 1.29 is 31.3 Å². The molecule has 33 heavy (non-hydrogen) atoms. The van der Waals surface area contributed by atoms with E-state index in [4.69, 9.17) is 8.92 Å². The average Bonchev–Trinajstić information content (AvgIpc) is 3.18. The van der Waals surface area contributed by atoms with Gasteiger partial charge in [-0.2, -0.15) is 8.42 Å². The Labute approximate surface area is 200 Å². The van der Waals surface area contributed by atoms with Gasteiger partial charge in [-0.1, -0.05) is 0 Å². The van der Waals surface area contributed by atoms with Crippen molar-refractivity contribution in [2.24, 2.45) is 0 Å². The van der Waals surface area contributed by atoms with Gasteiger partial charge in [-0.25, -0.2) is 9.18 Å². The number of nitrogens with one attached hydrogen (secondary N) is 1. The molecule has 2 heterocycles. The zero-order valence-electron chi connectivity index (χ0n) is 18.9. The van der Waals surface area contributed by atoms with E-state index in [0.717, 1.165) is 12.3 Å². The van der Waals surface area contributed by atoms with Gasteiger partial charge in [-0.05, 0) is 55.3 Å². The maximum absolute atomic E-state index is 14.5. The monoisotopic (exact) mass is 547 g/mol. The largest absolute Gasteiger partial charge is 0.444 e. The summed E-state index contributed by atoms with van der Waals surface area (Å²) < 4.78 is 47.8. The number of benzene rings is 1. The van der Waals surface area contributed by atoms with Gasteiger partial charge in [0.25, 0.3) is 16.0 Å². The van der Waals surface area contributed by atoms with Crippen LogP contribution in [-0.4, -0.2) is 79.3 Å². The highest BCUT2D eigenvalue weighted by Crippen LogP contribution is 2.31. The quantitative estimate of drug-likeness (QED) is 0.574. The van der Waals surface area contributed by atoms with Crippen LogP contribution in [0.3, 0.4) is 0 Å². The number of aromatic nitrogens is 1. The highest BCUT2D eigenvalue weighted by Gasteiger charge is 2.35. The molecule has 2 aromatic rings. The van der Waals surface area contributed by atoms with E-state index in [1.54, 1.807) is 33.0 Å². The van der Waals surface area contributed by atoms with Gasteiger partial charge in [0.1, 0.15) is 11.4 Å². The molecular weight excluding hydrogens is 521 g/mol. The molecule has 9 nitrogen and oxygen atoms in total. The standard InChI is InChI=1S/C21H27BrFN3O6S/c1-21(2,3)32-20(28)25-8-9-26(13(12-25)6-10-31-33(4,29)30)19(27)15-11-16(23)17(22)14-5-7-24-18(14)15/h5,7,11,13,24H,6,8-10,12H2,1-4H3. The van der Waals surface area contributed by atoms with E-state index in [1.807, 2.05) is 0 Å². The van der Waals surface area contributed by atoms with Crippen LogP contribution in [0.4, 0.5) is 9.18 Å². The SMILES string of the molecule is CC(C)(C)OC(=O)N1CCN(C(=O)c2cc(F)c(Br)c3cc[nH]c23)C(CCOS(C)(=O)=O)C1. The van der Waals surface area contributed by atoms with Crippen molar-refractivity contribution in [1.29, 1.82) is 0 Å². The summed E-state index contributed by atoms with van der Waals surface area (Å²) in [5.41, 5.74) is -0.0583. The van der Waals surface area contributed by atoms with Crippen molar-refractivity contribution in [1.82, 2.24) is 14.8 Å². The summed E-state index contributed by atoms with van der Waals surface area (Å²) in [6.07, 6.45) is 2.19. The number of piperazine rings is 1. The molecule has 0 spiro atoms. The number of carbonyl (C=O) groups excluding carboxylic acids is 2. The third-order valence-corrected chi connectivity index (χ3v) is 6.51. The Bertz CT molecular complexity index is 1160. The van der Waals surface area contributed by atoms with E-state index in [-0.39, 0.29) is 42.7 Å². The highest BCUT2D eigenvalue weighted by molar-refractivity contribution is 9.10. The van der Waals surface area contributed by atoms with E-state index >= 15 is 0 Å². The Balaban J connectivity index is 1.87. The first-order valence-corrected chi connectivity index (χ1v) is 13.0. The molecule has 1 fully saturated rings. The van der Waals surface area contributed by atoms with Crippen LogP contribution in [0.25, 0.3) is 10.9 Å². The zero-order valence-corrected chi connectivity index (χ0v) is 21.3. The third-order valence-electron chi connectivity index (χ3n) is 5.11. The van der Waals surface area contributed by atoms with Gasteiger partial charge >= 0.3 is 6.09 Å². The van der Waals surface area contributed by atoms with Gasteiger partial charge in [0.05, 0.1) is 34.5 Å². The Hall–Kier alpha value is -2.18. The van der Waals surface area contributed by atoms with E-state index in [0.29, 0.717) is 10.9 Å². The molecule has 0 bridgehead atoms. The molecule has 1 aliphatic heterocycles. The topological polar surface area (TPSA) is 109 Å². The summed E-state index contributed by atoms with van der Waals surface area (Å²) in [5, 5.41) is 0.530. The number of amides is 2. The Morgan fingerprint density at radius 2 is 2.00 bits per heavy atom. The number of fused-ring (bicyclic) bond motifs is 1. The normalized spacial score (nSPS) is 17.5. The zero-order chi connectivity index (χ0) is 24.6. The van der Waals surface area contributed by atoms with E-state index < -0.39 is 39.6 Å². The molecule has 1 aliphatic rings. The van der Waals surface area contributed by atoms with Crippen molar-refractivity contribution in [3.63, 3.8) is 0 Å². The van der Waals surface area contributed by atoms with Crippen molar-refractivity contribution in [3.05, 3.63) is 34.2 Å². The van der Waals surface area contributed by atoms with Crippen molar-refractivity contribution in [3.8, 4) is 0 Å². The lowest BCUT2D eigenvalue weighted by Gasteiger charge is -2.41. The van der Waals surface area contributed by atoms with Gasteiger partial charge in [-0.3, -0.25) is 8.98 Å². The molecule has 1 N–H and O–H groups in total. The molecule has 0 aliphatic carbocycles. The van der Waals surface area contributed by atoms with E-state index in [1.165, 1.54) is 9.80 Å². The highest BCUT2D eigenvalue weighted by atomic mass is 79.9. The summed E-state index contributed by atoms with van der Waals surface area (Å²) in [4.78, 5) is 32.0. The lowest BCUT2D eigenvalue weighted by molar-refractivity contribution is 0.00226. The van der Waals surface area contributed by atoms with Crippen LogP contribution in [-0.2, 0) is 19.0 Å². The molecule has 2 amide bonds. The summed E-state index contributed by atoms with van der Waals surface area (Å²) in [6, 6.07) is 2.27. The van der Waals surface area contributed by atoms with Crippen LogP contribution in [0, 0.1) is 5.82 Å². The summed E-state index contributed by atoms with van der Waals surface area (Å²) in [7, 11) is -3.67. The number of hydrogen-bond donors (Lipinski definition) is 1. The van der Waals surface area contributed by atoms with Gasteiger partial charge in [0, 0.05) is 31.2 Å². The minimum Gasteiger partial charge on any atom is -0.444 e. The van der Waals surface area contributed by atoms with Crippen LogP contribution < -0.4 is 0 Å². The smallest absolute Gasteiger partial charge is 0.410 e. The Kier molecular flexibility index (Phi) is 7.39. The first kappa shape index (κ1) is 25.4. The maximum Gasteiger partial charge on any atom is 0.410 e. The number of nitrogens with zero attached hydrogens (tertiary/aromatic N) is 2. The molecule has 1 aromatic carbocycles. The fourth-order valence-electron chi connectivity index (χ4n) is 3.69. The second kappa shape index (κ2) is 9.59. The number of ether oxygens (including phenoxy) is 1. The summed E-state index contributed by atoms with van der Waals surface area (Å²) >= 11 is 3.20. The van der Waals surface area contributed by atoms with Crippen LogP contribution in [0.2, 0.25) is 0 Å². The number of halogens is 2. The maximum atomic E-state index is 14.5. The summed E-state index contributed by atoms with van der Waals surface area (Å²) in [5.74, 6) is -1.00. The molecule has 1 aromatic heterocycles. The molecule has 1 unspecified atom stereocenters. The van der Waals surface area contributed by atoms with E-state index in [9.17, 15) is 22.4 Å². The fourth-order valence-corrected chi connectivity index (χ4v) is 4.53. The first-order valence-electron chi connectivity index (χ1n) is 10.4. The Morgan fingerprint density at radius 3 is 2.64 bits per heavy atom. The van der Waals surface area contributed by atoms with Gasteiger partial charge < -0.3 is 19.5 Å². The van der Waals surface area contributed by atoms with Crippen molar-refractivity contribution >= 4 is 49.0 Å². The molecule has 3 rings (SSSR count).